The fourth-order valence-corrected chi connectivity index (χ4v) is 1.83. The van der Waals surface area contributed by atoms with Crippen LogP contribution in [-0.4, -0.2) is 20.2 Å². The lowest BCUT2D eigenvalue weighted by Crippen LogP contribution is -2.24. The molecule has 0 saturated heterocycles. The zero-order valence-electron chi connectivity index (χ0n) is 8.13. The third kappa shape index (κ3) is 3.83. The van der Waals surface area contributed by atoms with Gasteiger partial charge in [0.1, 0.15) is 0 Å². The Balaban J connectivity index is 2.82. The van der Waals surface area contributed by atoms with Gasteiger partial charge in [0.05, 0.1) is 4.90 Å². The van der Waals surface area contributed by atoms with Crippen molar-refractivity contribution in [3.8, 4) is 0 Å². The van der Waals surface area contributed by atoms with E-state index in [2.05, 4.69) is 12.6 Å². The molecule has 0 amide bonds. The van der Waals surface area contributed by atoms with Gasteiger partial charge in [0, 0.05) is 11.8 Å². The normalized spacial score (nSPS) is 13.8. The largest absolute Gasteiger partial charge is 0.327 e. The fourth-order valence-electron chi connectivity index (χ4n) is 1.18. The summed E-state index contributed by atoms with van der Waals surface area (Å²) in [7, 11) is -3.60. The third-order valence-electron chi connectivity index (χ3n) is 1.98. The van der Waals surface area contributed by atoms with Crippen LogP contribution in [0.1, 0.15) is 5.56 Å². The van der Waals surface area contributed by atoms with Gasteiger partial charge < -0.3 is 5.73 Å². The molecule has 0 bridgehead atoms. The van der Waals surface area contributed by atoms with Crippen molar-refractivity contribution in [1.29, 1.82) is 0 Å². The van der Waals surface area contributed by atoms with E-state index in [1.807, 2.05) is 0 Å². The van der Waals surface area contributed by atoms with Crippen molar-refractivity contribution >= 4 is 22.7 Å². The van der Waals surface area contributed by atoms with Crippen LogP contribution in [0, 0.1) is 0 Å². The Morgan fingerprint density at radius 2 is 1.80 bits per heavy atom. The first kappa shape index (κ1) is 12.5. The standard InChI is InChI=1S/C9H14N2O2S2/c10-8(6-14)5-7-1-3-9(4-2-7)15(11,12)13/h1-4,8,14H,5-6,10H2,(H2,11,12,13). The fraction of sp³-hybridized carbons (Fsp3) is 0.333. The molecule has 4 nitrogen and oxygen atoms in total. The van der Waals surface area contributed by atoms with Crippen molar-refractivity contribution in [2.45, 2.75) is 17.4 Å². The van der Waals surface area contributed by atoms with Crippen molar-refractivity contribution in [2.75, 3.05) is 5.75 Å². The first-order valence-electron chi connectivity index (χ1n) is 4.41. The molecule has 1 rings (SSSR count). The van der Waals surface area contributed by atoms with Crippen molar-refractivity contribution in [3.63, 3.8) is 0 Å². The molecule has 1 aromatic carbocycles. The van der Waals surface area contributed by atoms with Crippen molar-refractivity contribution in [3.05, 3.63) is 29.8 Å². The van der Waals surface area contributed by atoms with E-state index in [4.69, 9.17) is 10.9 Å². The molecule has 0 aromatic heterocycles. The summed E-state index contributed by atoms with van der Waals surface area (Å²) in [6.45, 7) is 0. The molecule has 4 N–H and O–H groups in total. The van der Waals surface area contributed by atoms with Crippen LogP contribution < -0.4 is 10.9 Å². The number of hydrogen-bond acceptors (Lipinski definition) is 4. The molecule has 0 aliphatic rings. The lowest BCUT2D eigenvalue weighted by atomic mass is 10.1. The summed E-state index contributed by atoms with van der Waals surface area (Å²) in [4.78, 5) is 0.116. The molecule has 6 heteroatoms. The highest BCUT2D eigenvalue weighted by Crippen LogP contribution is 2.10. The zero-order chi connectivity index (χ0) is 11.5. The van der Waals surface area contributed by atoms with Gasteiger partial charge in [-0.3, -0.25) is 0 Å². The molecule has 1 atom stereocenters. The van der Waals surface area contributed by atoms with Gasteiger partial charge >= 0.3 is 0 Å². The van der Waals surface area contributed by atoms with Crippen LogP contribution in [0.3, 0.4) is 0 Å². The van der Waals surface area contributed by atoms with Crippen LogP contribution in [0.25, 0.3) is 0 Å². The number of primary sulfonamides is 1. The van der Waals surface area contributed by atoms with Gasteiger partial charge in [-0.1, -0.05) is 12.1 Å². The van der Waals surface area contributed by atoms with Gasteiger partial charge in [0.25, 0.3) is 0 Å². The number of sulfonamides is 1. The highest BCUT2D eigenvalue weighted by Gasteiger charge is 2.07. The Hall–Kier alpha value is -0.560. The minimum absolute atomic E-state index is 0.0198. The number of hydrogen-bond donors (Lipinski definition) is 3. The topological polar surface area (TPSA) is 86.2 Å². The van der Waals surface area contributed by atoms with Gasteiger partial charge in [-0.05, 0) is 24.1 Å². The van der Waals surface area contributed by atoms with E-state index in [0.29, 0.717) is 12.2 Å². The summed E-state index contributed by atoms with van der Waals surface area (Å²) in [6, 6.07) is 6.37. The van der Waals surface area contributed by atoms with E-state index < -0.39 is 10.0 Å². The predicted molar refractivity (Wildman–Crippen MR) is 63.3 cm³/mol. The SMILES string of the molecule is NC(CS)Cc1ccc(S(N)(=O)=O)cc1. The first-order valence-corrected chi connectivity index (χ1v) is 6.59. The monoisotopic (exact) mass is 246 g/mol. The molecule has 0 heterocycles. The smallest absolute Gasteiger partial charge is 0.238 e. The molecule has 0 aliphatic carbocycles. The van der Waals surface area contributed by atoms with Crippen LogP contribution in [0.15, 0.2) is 29.2 Å². The molecule has 0 spiro atoms. The van der Waals surface area contributed by atoms with Gasteiger partial charge in [-0.25, -0.2) is 13.6 Å². The van der Waals surface area contributed by atoms with E-state index in [9.17, 15) is 8.42 Å². The number of rotatable bonds is 4. The minimum Gasteiger partial charge on any atom is -0.327 e. The number of thiol groups is 1. The van der Waals surface area contributed by atoms with Crippen LogP contribution in [-0.2, 0) is 16.4 Å². The summed E-state index contributed by atoms with van der Waals surface area (Å²) in [6.07, 6.45) is 0.675. The van der Waals surface area contributed by atoms with Gasteiger partial charge in [0.2, 0.25) is 10.0 Å². The minimum atomic E-state index is -3.60. The van der Waals surface area contributed by atoms with Gasteiger partial charge in [0.15, 0.2) is 0 Å². The second-order valence-corrected chi connectivity index (χ2v) is 5.26. The lowest BCUT2D eigenvalue weighted by Gasteiger charge is -2.08. The van der Waals surface area contributed by atoms with E-state index >= 15 is 0 Å². The Kier molecular flexibility index (Phi) is 4.15. The third-order valence-corrected chi connectivity index (χ3v) is 3.38. The summed E-state index contributed by atoms with van der Waals surface area (Å²) in [5, 5.41) is 4.97. The molecular weight excluding hydrogens is 232 g/mol. The first-order chi connectivity index (χ1) is 6.93. The Morgan fingerprint density at radius 3 is 2.20 bits per heavy atom. The molecule has 0 fully saturated rings. The number of nitrogens with two attached hydrogens (primary N) is 2. The Morgan fingerprint density at radius 1 is 1.27 bits per heavy atom. The summed E-state index contributed by atoms with van der Waals surface area (Å²) in [5.41, 5.74) is 6.69. The molecular formula is C9H14N2O2S2. The maximum Gasteiger partial charge on any atom is 0.238 e. The highest BCUT2D eigenvalue weighted by atomic mass is 32.2. The second kappa shape index (κ2) is 4.98. The summed E-state index contributed by atoms with van der Waals surface area (Å²) >= 11 is 4.07. The van der Waals surface area contributed by atoms with E-state index in [-0.39, 0.29) is 10.9 Å². The molecule has 0 saturated carbocycles. The predicted octanol–water partition coefficient (Wildman–Crippen LogP) is 0.134. The summed E-state index contributed by atoms with van der Waals surface area (Å²) < 4.78 is 21.9. The quantitative estimate of drug-likeness (QED) is 0.660. The average molecular weight is 246 g/mol. The van der Waals surface area contributed by atoms with Crippen LogP contribution in [0.5, 0.6) is 0 Å². The van der Waals surface area contributed by atoms with E-state index in [1.54, 1.807) is 12.1 Å². The van der Waals surface area contributed by atoms with Crippen LogP contribution >= 0.6 is 12.6 Å². The zero-order valence-corrected chi connectivity index (χ0v) is 9.84. The second-order valence-electron chi connectivity index (χ2n) is 3.34. The maximum absolute atomic E-state index is 11.0. The average Bonchev–Trinajstić information content (AvgIpc) is 2.17. The van der Waals surface area contributed by atoms with Crippen molar-refractivity contribution in [1.82, 2.24) is 0 Å². The Bertz CT molecular complexity index is 414. The van der Waals surface area contributed by atoms with E-state index in [0.717, 1.165) is 5.56 Å². The van der Waals surface area contributed by atoms with Gasteiger partial charge in [-0.2, -0.15) is 12.6 Å². The molecule has 0 aliphatic heterocycles. The highest BCUT2D eigenvalue weighted by molar-refractivity contribution is 7.89. The van der Waals surface area contributed by atoms with Crippen molar-refractivity contribution in [2.24, 2.45) is 10.9 Å². The molecule has 1 unspecified atom stereocenters. The Labute approximate surface area is 95.1 Å². The molecule has 0 radical (unpaired) electrons. The van der Waals surface area contributed by atoms with E-state index in [1.165, 1.54) is 12.1 Å². The molecule has 84 valence electrons. The summed E-state index contributed by atoms with van der Waals surface area (Å²) in [5.74, 6) is 0.594. The van der Waals surface area contributed by atoms with Crippen molar-refractivity contribution < 1.29 is 8.42 Å². The van der Waals surface area contributed by atoms with Crippen LogP contribution in [0.2, 0.25) is 0 Å². The number of benzene rings is 1. The maximum atomic E-state index is 11.0. The van der Waals surface area contributed by atoms with Gasteiger partial charge in [-0.15, -0.1) is 0 Å². The lowest BCUT2D eigenvalue weighted by molar-refractivity contribution is 0.597. The van der Waals surface area contributed by atoms with Crippen LogP contribution in [0.4, 0.5) is 0 Å². The molecule has 15 heavy (non-hydrogen) atoms. The molecule has 1 aromatic rings.